The predicted molar refractivity (Wildman–Crippen MR) is 60.5 cm³/mol. The van der Waals surface area contributed by atoms with Crippen LogP contribution in [0.2, 0.25) is 0 Å². The monoisotopic (exact) mass is 249 g/mol. The fourth-order valence-corrected chi connectivity index (χ4v) is 1.18. The van der Waals surface area contributed by atoms with Gasteiger partial charge in [-0.2, -0.15) is 0 Å². The van der Waals surface area contributed by atoms with E-state index < -0.39 is 29.9 Å². The van der Waals surface area contributed by atoms with Crippen LogP contribution >= 0.6 is 0 Å². The number of nitrogens with one attached hydrogen (secondary N) is 1. The number of hydrogen-bond acceptors (Lipinski definition) is 3. The molecule has 0 aromatic carbocycles. The molecule has 17 heavy (non-hydrogen) atoms. The van der Waals surface area contributed by atoms with Gasteiger partial charge in [0.2, 0.25) is 6.17 Å². The quantitative estimate of drug-likeness (QED) is 0.798. The van der Waals surface area contributed by atoms with Gasteiger partial charge in [-0.15, -0.1) is 0 Å². The van der Waals surface area contributed by atoms with Crippen LogP contribution in [0.15, 0.2) is 0 Å². The molecule has 5 nitrogen and oxygen atoms in total. The van der Waals surface area contributed by atoms with Gasteiger partial charge in [-0.05, 0) is 26.7 Å². The highest BCUT2D eigenvalue weighted by Gasteiger charge is 2.32. The Kier molecular flexibility index (Phi) is 5.38. The number of carbonyl (C=O) groups is 2. The Bertz CT molecular complexity index is 286. The van der Waals surface area contributed by atoms with Gasteiger partial charge < -0.3 is 15.2 Å². The highest BCUT2D eigenvalue weighted by molar-refractivity contribution is 5.75. The molecule has 0 saturated carbocycles. The maximum Gasteiger partial charge on any atom is 0.407 e. The minimum absolute atomic E-state index is 0.353. The van der Waals surface area contributed by atoms with Gasteiger partial charge in [0.1, 0.15) is 5.60 Å². The Balaban J connectivity index is 4.57. The summed E-state index contributed by atoms with van der Waals surface area (Å²) in [4.78, 5) is 22.0. The summed E-state index contributed by atoms with van der Waals surface area (Å²) in [5.41, 5.74) is -0.708. The van der Waals surface area contributed by atoms with E-state index in [1.54, 1.807) is 34.6 Å². The van der Waals surface area contributed by atoms with Crippen LogP contribution in [0, 0.1) is 5.92 Å². The molecule has 100 valence electrons. The minimum Gasteiger partial charge on any atom is -0.479 e. The number of alkyl carbamates (subject to hydrolysis) is 1. The molecule has 0 aromatic rings. The summed E-state index contributed by atoms with van der Waals surface area (Å²) in [6.45, 7) is 8.25. The molecule has 0 aliphatic rings. The lowest BCUT2D eigenvalue weighted by atomic mass is 10.00. The van der Waals surface area contributed by atoms with Crippen LogP contribution < -0.4 is 5.32 Å². The summed E-state index contributed by atoms with van der Waals surface area (Å²) in [5.74, 6) is -1.95. The van der Waals surface area contributed by atoms with Gasteiger partial charge in [-0.1, -0.05) is 13.8 Å². The number of alkyl halides is 1. The minimum atomic E-state index is -2.15. The first-order valence-electron chi connectivity index (χ1n) is 5.41. The zero-order chi connectivity index (χ0) is 13.8. The van der Waals surface area contributed by atoms with Gasteiger partial charge in [0.05, 0.1) is 6.04 Å². The zero-order valence-corrected chi connectivity index (χ0v) is 10.8. The second kappa shape index (κ2) is 5.84. The van der Waals surface area contributed by atoms with Crippen molar-refractivity contribution in [1.29, 1.82) is 0 Å². The maximum atomic E-state index is 13.4. The number of rotatable bonds is 4. The number of ether oxygens (including phenoxy) is 1. The Morgan fingerprint density at radius 3 is 2.06 bits per heavy atom. The van der Waals surface area contributed by atoms with Crippen molar-refractivity contribution in [1.82, 2.24) is 5.32 Å². The number of carboxylic acid groups (broad SMARTS) is 1. The van der Waals surface area contributed by atoms with Gasteiger partial charge in [0, 0.05) is 0 Å². The van der Waals surface area contributed by atoms with Gasteiger partial charge in [-0.3, -0.25) is 0 Å². The molecule has 0 fully saturated rings. The number of hydrogen-bond donors (Lipinski definition) is 2. The van der Waals surface area contributed by atoms with Crippen molar-refractivity contribution in [3.8, 4) is 0 Å². The van der Waals surface area contributed by atoms with Crippen LogP contribution in [-0.4, -0.2) is 35.0 Å². The Morgan fingerprint density at radius 2 is 1.76 bits per heavy atom. The van der Waals surface area contributed by atoms with Crippen molar-refractivity contribution in [3.05, 3.63) is 0 Å². The molecule has 2 N–H and O–H groups in total. The smallest absolute Gasteiger partial charge is 0.407 e. The van der Waals surface area contributed by atoms with E-state index in [0.29, 0.717) is 0 Å². The largest absolute Gasteiger partial charge is 0.479 e. The maximum absolute atomic E-state index is 13.4. The number of carboxylic acids is 1. The highest BCUT2D eigenvalue weighted by atomic mass is 19.1. The van der Waals surface area contributed by atoms with Crippen LogP contribution in [-0.2, 0) is 9.53 Å². The third-order valence-electron chi connectivity index (χ3n) is 1.95. The fraction of sp³-hybridized carbons (Fsp3) is 0.818. The molecule has 2 unspecified atom stereocenters. The van der Waals surface area contributed by atoms with E-state index in [-0.39, 0.29) is 5.92 Å². The molecule has 6 heteroatoms. The summed E-state index contributed by atoms with van der Waals surface area (Å²) in [7, 11) is 0. The van der Waals surface area contributed by atoms with E-state index in [0.717, 1.165) is 0 Å². The molecule has 0 aliphatic carbocycles. The summed E-state index contributed by atoms with van der Waals surface area (Å²) in [6, 6.07) is -1.11. The molecular weight excluding hydrogens is 229 g/mol. The van der Waals surface area contributed by atoms with Gasteiger partial charge >= 0.3 is 12.1 Å². The first-order valence-corrected chi connectivity index (χ1v) is 5.41. The third-order valence-corrected chi connectivity index (χ3v) is 1.95. The normalized spacial score (nSPS) is 15.2. The zero-order valence-electron chi connectivity index (χ0n) is 10.8. The van der Waals surface area contributed by atoms with Crippen LogP contribution in [0.25, 0.3) is 0 Å². The van der Waals surface area contributed by atoms with Crippen molar-refractivity contribution < 1.29 is 23.8 Å². The molecule has 0 saturated heterocycles. The van der Waals surface area contributed by atoms with Crippen molar-refractivity contribution in [3.63, 3.8) is 0 Å². The van der Waals surface area contributed by atoms with E-state index in [1.165, 1.54) is 0 Å². The molecule has 2 atom stereocenters. The Labute approximate surface area is 100 Å². The van der Waals surface area contributed by atoms with E-state index in [2.05, 4.69) is 5.32 Å². The van der Waals surface area contributed by atoms with Crippen LogP contribution in [0.1, 0.15) is 34.6 Å². The molecule has 0 spiro atoms. The first kappa shape index (κ1) is 15.7. The number of aliphatic carboxylic acids is 1. The SMILES string of the molecule is CC(C)C(NC(=O)OC(C)(C)C)C(F)C(=O)O. The summed E-state index contributed by atoms with van der Waals surface area (Å²) in [6.07, 6.45) is -2.97. The van der Waals surface area contributed by atoms with Crippen LogP contribution in [0.3, 0.4) is 0 Å². The second-order valence-corrected chi connectivity index (χ2v) is 5.16. The van der Waals surface area contributed by atoms with Crippen LogP contribution in [0.4, 0.5) is 9.18 Å². The molecule has 0 heterocycles. The average Bonchev–Trinajstić information content (AvgIpc) is 2.09. The summed E-state index contributed by atoms with van der Waals surface area (Å²) >= 11 is 0. The molecule has 0 bridgehead atoms. The second-order valence-electron chi connectivity index (χ2n) is 5.16. The lowest BCUT2D eigenvalue weighted by Gasteiger charge is -2.26. The van der Waals surface area contributed by atoms with Crippen molar-refractivity contribution in [2.45, 2.75) is 52.4 Å². The number of halogens is 1. The molecule has 0 aromatic heterocycles. The summed E-state index contributed by atoms with van der Waals surface area (Å²) in [5, 5.41) is 10.8. The topological polar surface area (TPSA) is 75.6 Å². The molecule has 1 amide bonds. The number of carbonyl (C=O) groups excluding carboxylic acids is 1. The molecule has 0 aliphatic heterocycles. The molecule has 0 rings (SSSR count). The molecular formula is C11H20FNO4. The first-order chi connectivity index (χ1) is 7.54. The Hall–Kier alpha value is -1.33. The van der Waals surface area contributed by atoms with E-state index in [9.17, 15) is 14.0 Å². The van der Waals surface area contributed by atoms with Crippen molar-refractivity contribution in [2.75, 3.05) is 0 Å². The van der Waals surface area contributed by atoms with E-state index >= 15 is 0 Å². The van der Waals surface area contributed by atoms with E-state index in [4.69, 9.17) is 9.84 Å². The number of amides is 1. The highest BCUT2D eigenvalue weighted by Crippen LogP contribution is 2.12. The average molecular weight is 249 g/mol. The van der Waals surface area contributed by atoms with Crippen molar-refractivity contribution in [2.24, 2.45) is 5.92 Å². The lowest BCUT2D eigenvalue weighted by molar-refractivity contribution is -0.144. The lowest BCUT2D eigenvalue weighted by Crippen LogP contribution is -2.49. The summed E-state index contributed by atoms with van der Waals surface area (Å²) < 4.78 is 18.3. The van der Waals surface area contributed by atoms with Crippen LogP contribution in [0.5, 0.6) is 0 Å². The van der Waals surface area contributed by atoms with Gasteiger partial charge in [-0.25, -0.2) is 14.0 Å². The van der Waals surface area contributed by atoms with E-state index in [1.807, 2.05) is 0 Å². The fourth-order valence-electron chi connectivity index (χ4n) is 1.18. The third kappa shape index (κ3) is 6.09. The van der Waals surface area contributed by atoms with Gasteiger partial charge in [0.15, 0.2) is 0 Å². The predicted octanol–water partition coefficient (Wildman–Crippen LogP) is 1.96. The standard InChI is InChI=1S/C11H20FNO4/c1-6(2)8(7(12)9(14)15)13-10(16)17-11(3,4)5/h6-8H,1-5H3,(H,13,16)(H,14,15). The Morgan fingerprint density at radius 1 is 1.29 bits per heavy atom. The van der Waals surface area contributed by atoms with Gasteiger partial charge in [0.25, 0.3) is 0 Å². The molecule has 0 radical (unpaired) electrons. The van der Waals surface area contributed by atoms with Crippen molar-refractivity contribution >= 4 is 12.1 Å².